The molecule has 0 radical (unpaired) electrons. The fourth-order valence-corrected chi connectivity index (χ4v) is 5.83. The third kappa shape index (κ3) is 7.93. The zero-order chi connectivity index (χ0) is 39.6. The summed E-state index contributed by atoms with van der Waals surface area (Å²) in [6.07, 6.45) is 0.208. The number of aromatic hydroxyl groups is 2. The van der Waals surface area contributed by atoms with Gasteiger partial charge in [0.25, 0.3) is 5.91 Å². The average molecular weight is 781 g/mol. The average Bonchev–Trinajstić information content (AvgIpc) is 3.12. The molecule has 0 bridgehead atoms. The maximum absolute atomic E-state index is 14.6. The zero-order valence-corrected chi connectivity index (χ0v) is 28.0. The number of pyridine rings is 1. The number of amides is 6. The molecule has 2 aromatic carbocycles. The highest BCUT2D eigenvalue weighted by Crippen LogP contribution is 2.40. The Labute approximate surface area is 305 Å². The van der Waals surface area contributed by atoms with Crippen LogP contribution in [0.4, 0.5) is 22.4 Å². The summed E-state index contributed by atoms with van der Waals surface area (Å²) in [5, 5.41) is 45.9. The van der Waals surface area contributed by atoms with Gasteiger partial charge >= 0.3 is 30.9 Å². The minimum Gasteiger partial charge on any atom is -0.534 e. The number of nitrogens with zero attached hydrogens (tertiary/aromatic N) is 3. The molecule has 0 spiro atoms. The molecule has 0 aliphatic carbocycles. The van der Waals surface area contributed by atoms with Gasteiger partial charge in [0.15, 0.2) is 23.1 Å². The SMILES string of the molecule is O=C(NCCCN1CCN(C(=O)N[C@@H](C(=O)N[C@H]2Cc3ccc(F)c(C(=O)O)c3OB2O)c2cc(F)c(O)c(O)c2Cl)C(=O)C1=O)c1cc(F)ncc1F. The molecule has 6 amide bonds. The number of carboxylic acid groups (broad SMARTS) is 1. The summed E-state index contributed by atoms with van der Waals surface area (Å²) in [5.74, 6) is -15.8. The third-order valence-corrected chi connectivity index (χ3v) is 8.70. The number of carbonyl (C=O) groups is 6. The van der Waals surface area contributed by atoms with Gasteiger partial charge in [-0.05, 0) is 30.5 Å². The number of hydrogen-bond acceptors (Lipinski definition) is 11. The first-order valence-corrected chi connectivity index (χ1v) is 16.0. The van der Waals surface area contributed by atoms with Crippen molar-refractivity contribution in [1.82, 2.24) is 30.7 Å². The lowest BCUT2D eigenvalue weighted by molar-refractivity contribution is -0.153. The minimum atomic E-state index is -2.11. The summed E-state index contributed by atoms with van der Waals surface area (Å²) in [6.45, 7) is -0.958. The van der Waals surface area contributed by atoms with Gasteiger partial charge in [0.05, 0.1) is 22.7 Å². The molecular formula is C31H26BClF4N6O11. The number of aromatic carboxylic acids is 1. The number of rotatable bonds is 10. The van der Waals surface area contributed by atoms with Crippen molar-refractivity contribution in [3.63, 3.8) is 0 Å². The molecule has 23 heteroatoms. The van der Waals surface area contributed by atoms with Gasteiger partial charge in [0, 0.05) is 37.8 Å². The molecule has 3 aromatic rings. The lowest BCUT2D eigenvalue weighted by atomic mass is 9.72. The van der Waals surface area contributed by atoms with E-state index in [-0.39, 0.29) is 38.0 Å². The van der Waals surface area contributed by atoms with E-state index in [1.165, 1.54) is 0 Å². The summed E-state index contributed by atoms with van der Waals surface area (Å²) in [4.78, 5) is 81.2. The number of fused-ring (bicyclic) bond motifs is 1. The van der Waals surface area contributed by atoms with Crippen molar-refractivity contribution in [3.05, 3.63) is 81.1 Å². The van der Waals surface area contributed by atoms with Crippen LogP contribution in [0.1, 0.15) is 44.3 Å². The Morgan fingerprint density at radius 1 is 1.02 bits per heavy atom. The fourth-order valence-electron chi connectivity index (χ4n) is 5.58. The number of piperazine rings is 1. The maximum atomic E-state index is 14.6. The van der Waals surface area contributed by atoms with Crippen LogP contribution in [0.2, 0.25) is 5.02 Å². The summed E-state index contributed by atoms with van der Waals surface area (Å²) >= 11 is 6.10. The smallest absolute Gasteiger partial charge is 0.534 e. The number of aromatic nitrogens is 1. The van der Waals surface area contributed by atoms with E-state index in [9.17, 15) is 66.7 Å². The van der Waals surface area contributed by atoms with Gasteiger partial charge in [-0.25, -0.2) is 27.7 Å². The molecule has 5 rings (SSSR count). The molecule has 1 saturated heterocycles. The van der Waals surface area contributed by atoms with Crippen LogP contribution in [0.25, 0.3) is 0 Å². The fraction of sp³-hybridized carbons (Fsp3) is 0.258. The van der Waals surface area contributed by atoms with Crippen LogP contribution in [-0.2, 0) is 20.8 Å². The predicted octanol–water partition coefficient (Wildman–Crippen LogP) is 0.782. The standard InChI is InChI=1S/C31H26BClF4N6O11/c33-21-14(9-16(35)23(44)24(21)45)22(27(47)40-18-8-12-2-3-15(34)20(30(50)51)25(12)54-32(18)53)41-31(52)43-7-6-42(28(48)29(43)49)5-1-4-38-26(46)13-10-19(37)39-11-17(13)36/h2-3,9-11,18,22,44-45,53H,1,4-8H2,(H,38,46)(H,40,47)(H,41,52)(H,50,51)/t18-,22+/m0/s1. The monoisotopic (exact) mass is 780 g/mol. The number of carbonyl (C=O) groups excluding carboxylic acids is 5. The van der Waals surface area contributed by atoms with E-state index in [0.29, 0.717) is 23.2 Å². The molecule has 2 aliphatic heterocycles. The number of hydrogen-bond donors (Lipinski definition) is 7. The van der Waals surface area contributed by atoms with Crippen molar-refractivity contribution in [1.29, 1.82) is 0 Å². The number of phenols is 2. The second-order valence-corrected chi connectivity index (χ2v) is 12.1. The number of carboxylic acids is 1. The molecule has 284 valence electrons. The first-order valence-electron chi connectivity index (χ1n) is 15.6. The number of benzene rings is 2. The maximum Gasteiger partial charge on any atom is 0.547 e. The van der Waals surface area contributed by atoms with E-state index >= 15 is 0 Å². The first kappa shape index (κ1) is 39.1. The van der Waals surface area contributed by atoms with E-state index in [0.717, 1.165) is 17.0 Å². The molecule has 1 aromatic heterocycles. The van der Waals surface area contributed by atoms with Crippen LogP contribution in [0.3, 0.4) is 0 Å². The Morgan fingerprint density at radius 2 is 1.74 bits per heavy atom. The van der Waals surface area contributed by atoms with Crippen molar-refractivity contribution in [3.8, 4) is 17.2 Å². The Bertz CT molecular complexity index is 2080. The predicted molar refractivity (Wildman–Crippen MR) is 173 cm³/mol. The van der Waals surface area contributed by atoms with Gasteiger partial charge in [-0.1, -0.05) is 17.7 Å². The van der Waals surface area contributed by atoms with Crippen molar-refractivity contribution >= 4 is 54.3 Å². The molecule has 2 atom stereocenters. The lowest BCUT2D eigenvalue weighted by Crippen LogP contribution is -2.60. The molecule has 2 aliphatic rings. The molecule has 54 heavy (non-hydrogen) atoms. The van der Waals surface area contributed by atoms with Crippen LogP contribution in [-0.4, -0.2) is 110 Å². The van der Waals surface area contributed by atoms with Crippen molar-refractivity contribution in [2.45, 2.75) is 24.8 Å². The van der Waals surface area contributed by atoms with Crippen molar-refractivity contribution in [2.75, 3.05) is 26.2 Å². The summed E-state index contributed by atoms with van der Waals surface area (Å²) < 4.78 is 61.1. The molecule has 1 fully saturated rings. The molecule has 7 N–H and O–H groups in total. The third-order valence-electron chi connectivity index (χ3n) is 8.30. The molecular weight excluding hydrogens is 755 g/mol. The number of nitrogens with one attached hydrogen (secondary N) is 3. The largest absolute Gasteiger partial charge is 0.547 e. The second kappa shape index (κ2) is 15.8. The topological polar surface area (TPSA) is 248 Å². The van der Waals surface area contributed by atoms with E-state index < -0.39 is 124 Å². The van der Waals surface area contributed by atoms with Gasteiger partial charge in [0.1, 0.15) is 23.2 Å². The Balaban J connectivity index is 1.28. The Hall–Kier alpha value is -6.16. The first-order chi connectivity index (χ1) is 25.5. The van der Waals surface area contributed by atoms with E-state index in [1.807, 2.05) is 0 Å². The van der Waals surface area contributed by atoms with Crippen LogP contribution in [0.5, 0.6) is 17.2 Å². The quantitative estimate of drug-likeness (QED) is 0.0377. The number of urea groups is 1. The van der Waals surface area contributed by atoms with E-state index in [2.05, 4.69) is 20.9 Å². The molecule has 0 unspecified atom stereocenters. The van der Waals surface area contributed by atoms with Crippen LogP contribution in [0.15, 0.2) is 30.5 Å². The van der Waals surface area contributed by atoms with Gasteiger partial charge in [-0.15, -0.1) is 0 Å². The highest BCUT2D eigenvalue weighted by Gasteiger charge is 2.42. The lowest BCUT2D eigenvalue weighted by Gasteiger charge is -2.34. The minimum absolute atomic E-state index is 0.0383. The van der Waals surface area contributed by atoms with Gasteiger partial charge < -0.3 is 45.8 Å². The number of phenolic OH excluding ortho intramolecular Hbond substituents is 2. The number of imide groups is 1. The second-order valence-electron chi connectivity index (χ2n) is 11.7. The van der Waals surface area contributed by atoms with E-state index in [1.54, 1.807) is 0 Å². The van der Waals surface area contributed by atoms with E-state index in [4.69, 9.17) is 16.3 Å². The van der Waals surface area contributed by atoms with Crippen molar-refractivity contribution in [2.24, 2.45) is 0 Å². The Kier molecular flexibility index (Phi) is 11.5. The highest BCUT2D eigenvalue weighted by molar-refractivity contribution is 6.47. The summed E-state index contributed by atoms with van der Waals surface area (Å²) in [7, 11) is -2.00. The van der Waals surface area contributed by atoms with Crippen LogP contribution < -0.4 is 20.6 Å². The van der Waals surface area contributed by atoms with Crippen LogP contribution in [0, 0.1) is 23.4 Å². The Morgan fingerprint density at radius 3 is 2.44 bits per heavy atom. The molecule has 0 saturated carbocycles. The summed E-state index contributed by atoms with van der Waals surface area (Å²) in [6, 6.07) is -0.464. The zero-order valence-electron chi connectivity index (χ0n) is 27.2. The van der Waals surface area contributed by atoms with Crippen molar-refractivity contribution < 1.29 is 71.3 Å². The molecule has 17 nitrogen and oxygen atoms in total. The summed E-state index contributed by atoms with van der Waals surface area (Å²) in [5.41, 5.74) is -2.11. The number of halogens is 5. The molecule has 3 heterocycles. The van der Waals surface area contributed by atoms with Gasteiger partial charge in [-0.3, -0.25) is 24.1 Å². The van der Waals surface area contributed by atoms with Gasteiger partial charge in [-0.2, -0.15) is 4.39 Å². The normalized spacial score (nSPS) is 16.0. The van der Waals surface area contributed by atoms with Gasteiger partial charge in [0.2, 0.25) is 11.9 Å². The van der Waals surface area contributed by atoms with Crippen LogP contribution >= 0.6 is 11.6 Å². The highest BCUT2D eigenvalue weighted by atomic mass is 35.5.